The highest BCUT2D eigenvalue weighted by molar-refractivity contribution is 5.05. The van der Waals surface area contributed by atoms with Crippen molar-refractivity contribution in [1.29, 1.82) is 0 Å². The second-order valence-electron chi connectivity index (χ2n) is 6.89. The van der Waals surface area contributed by atoms with E-state index in [9.17, 15) is 0 Å². The van der Waals surface area contributed by atoms with Gasteiger partial charge in [-0.15, -0.1) is 0 Å². The molecule has 0 aliphatic carbocycles. The summed E-state index contributed by atoms with van der Waals surface area (Å²) in [6, 6.07) is 0. The van der Waals surface area contributed by atoms with Gasteiger partial charge in [0, 0.05) is 0 Å². The van der Waals surface area contributed by atoms with Crippen LogP contribution in [-0.2, 0) is 0 Å². The molecule has 0 aromatic heterocycles. The fraction of sp³-hybridized carbons (Fsp3) is 0.944. The summed E-state index contributed by atoms with van der Waals surface area (Å²) in [5.74, 6) is 4.17. The summed E-state index contributed by atoms with van der Waals surface area (Å²) in [5.41, 5.74) is 0.470. The van der Waals surface area contributed by atoms with Gasteiger partial charge in [-0.25, -0.2) is 0 Å². The second-order valence-corrected chi connectivity index (χ2v) is 6.89. The average molecular weight is 253 g/mol. The van der Waals surface area contributed by atoms with E-state index in [0.29, 0.717) is 5.41 Å². The van der Waals surface area contributed by atoms with Gasteiger partial charge >= 0.3 is 0 Å². The topological polar surface area (TPSA) is 0 Å². The van der Waals surface area contributed by atoms with Gasteiger partial charge in [0.05, 0.1) is 0 Å². The van der Waals surface area contributed by atoms with E-state index < -0.39 is 0 Å². The van der Waals surface area contributed by atoms with Gasteiger partial charge < -0.3 is 0 Å². The van der Waals surface area contributed by atoms with E-state index in [1.54, 1.807) is 5.92 Å². The van der Waals surface area contributed by atoms with E-state index in [2.05, 4.69) is 55.4 Å². The molecular weight excluding hydrogens is 216 g/mol. The van der Waals surface area contributed by atoms with Crippen molar-refractivity contribution < 1.29 is 0 Å². The fourth-order valence-electron chi connectivity index (χ4n) is 4.21. The zero-order chi connectivity index (χ0) is 14.3. The highest BCUT2D eigenvalue weighted by atomic mass is 14.5. The minimum atomic E-state index is 0.470. The zero-order valence-electron chi connectivity index (χ0n) is 14.3. The van der Waals surface area contributed by atoms with Crippen LogP contribution in [0.1, 0.15) is 87.5 Å². The van der Waals surface area contributed by atoms with E-state index in [1.807, 2.05) is 0 Å². The molecule has 0 bridgehead atoms. The second kappa shape index (κ2) is 8.23. The van der Waals surface area contributed by atoms with Gasteiger partial charge in [0.25, 0.3) is 0 Å². The molecule has 0 fully saturated rings. The highest BCUT2D eigenvalue weighted by Crippen LogP contribution is 2.50. The first-order valence-corrected chi connectivity index (χ1v) is 8.16. The Hall–Kier alpha value is 0. The Morgan fingerprint density at radius 3 is 1.83 bits per heavy atom. The molecule has 0 nitrogen and oxygen atoms in total. The largest absolute Gasteiger partial charge is 0.0654 e. The molecule has 3 unspecified atom stereocenters. The quantitative estimate of drug-likeness (QED) is 0.439. The Kier molecular flexibility index (Phi) is 8.23. The molecule has 0 saturated carbocycles. The van der Waals surface area contributed by atoms with Crippen LogP contribution in [0.2, 0.25) is 0 Å². The van der Waals surface area contributed by atoms with Crippen molar-refractivity contribution in [3.8, 4) is 0 Å². The summed E-state index contributed by atoms with van der Waals surface area (Å²) in [6.45, 7) is 19.1. The predicted octanol–water partition coefficient (Wildman–Crippen LogP) is 6.51. The molecule has 0 aliphatic heterocycles. The summed E-state index contributed by atoms with van der Waals surface area (Å²) in [4.78, 5) is 0. The molecule has 0 N–H and O–H groups in total. The van der Waals surface area contributed by atoms with Crippen molar-refractivity contribution in [1.82, 2.24) is 0 Å². The van der Waals surface area contributed by atoms with Crippen LogP contribution in [0, 0.1) is 29.1 Å². The monoisotopic (exact) mass is 253 g/mol. The third kappa shape index (κ3) is 4.28. The first-order valence-electron chi connectivity index (χ1n) is 8.16. The van der Waals surface area contributed by atoms with Crippen LogP contribution in [-0.4, -0.2) is 0 Å². The molecule has 0 amide bonds. The number of rotatable bonds is 9. The fourth-order valence-corrected chi connectivity index (χ4v) is 4.21. The summed E-state index contributed by atoms with van der Waals surface area (Å²) >= 11 is 0. The molecule has 3 atom stereocenters. The molecular formula is C18H37. The minimum Gasteiger partial charge on any atom is -0.0654 e. The van der Waals surface area contributed by atoms with Gasteiger partial charge in [-0.2, -0.15) is 0 Å². The summed E-state index contributed by atoms with van der Waals surface area (Å²) in [7, 11) is 0. The van der Waals surface area contributed by atoms with Crippen molar-refractivity contribution in [2.75, 3.05) is 0 Å². The first kappa shape index (κ1) is 18.0. The average Bonchev–Trinajstić information content (AvgIpc) is 2.27. The van der Waals surface area contributed by atoms with Crippen molar-refractivity contribution in [2.24, 2.45) is 23.2 Å². The van der Waals surface area contributed by atoms with Crippen LogP contribution >= 0.6 is 0 Å². The molecule has 0 rings (SSSR count). The van der Waals surface area contributed by atoms with Crippen LogP contribution < -0.4 is 0 Å². The molecule has 0 aliphatic rings. The lowest BCUT2D eigenvalue weighted by Gasteiger charge is -2.47. The Morgan fingerprint density at radius 2 is 1.56 bits per heavy atom. The van der Waals surface area contributed by atoms with E-state index in [4.69, 9.17) is 0 Å². The van der Waals surface area contributed by atoms with Crippen molar-refractivity contribution in [3.05, 3.63) is 5.92 Å². The highest BCUT2D eigenvalue weighted by Gasteiger charge is 2.41. The van der Waals surface area contributed by atoms with Crippen molar-refractivity contribution in [2.45, 2.75) is 87.5 Å². The normalized spacial score (nSPS) is 19.0. The molecule has 0 spiro atoms. The summed E-state index contributed by atoms with van der Waals surface area (Å²) in [6.07, 6.45) is 6.69. The van der Waals surface area contributed by atoms with Gasteiger partial charge in [0.2, 0.25) is 0 Å². The van der Waals surface area contributed by atoms with Gasteiger partial charge in [0.1, 0.15) is 0 Å². The molecule has 0 heteroatoms. The zero-order valence-corrected chi connectivity index (χ0v) is 14.3. The smallest absolute Gasteiger partial charge is 0.0210 e. The van der Waals surface area contributed by atoms with Gasteiger partial charge in [-0.05, 0) is 41.9 Å². The van der Waals surface area contributed by atoms with Crippen LogP contribution in [0.5, 0.6) is 0 Å². The third-order valence-electron chi connectivity index (χ3n) is 4.98. The van der Waals surface area contributed by atoms with Crippen molar-refractivity contribution >= 4 is 0 Å². The van der Waals surface area contributed by atoms with Gasteiger partial charge in [0.15, 0.2) is 0 Å². The first-order chi connectivity index (χ1) is 8.35. The number of hydrogen-bond acceptors (Lipinski definition) is 0. The van der Waals surface area contributed by atoms with Crippen LogP contribution in [0.25, 0.3) is 0 Å². The van der Waals surface area contributed by atoms with Crippen molar-refractivity contribution in [3.63, 3.8) is 0 Å². The lowest BCUT2D eigenvalue weighted by atomic mass is 9.57. The molecule has 0 heterocycles. The minimum absolute atomic E-state index is 0.470. The number of hydrogen-bond donors (Lipinski definition) is 0. The molecule has 109 valence electrons. The summed E-state index contributed by atoms with van der Waals surface area (Å²) < 4.78 is 0. The van der Waals surface area contributed by atoms with Crippen LogP contribution in [0.3, 0.4) is 0 Å². The maximum atomic E-state index is 2.48. The predicted molar refractivity (Wildman–Crippen MR) is 84.6 cm³/mol. The third-order valence-corrected chi connectivity index (χ3v) is 4.98. The lowest BCUT2D eigenvalue weighted by Crippen LogP contribution is -2.39. The maximum absolute atomic E-state index is 2.48. The molecule has 0 aromatic carbocycles. The molecule has 0 aromatic rings. The Morgan fingerprint density at radius 1 is 1.00 bits per heavy atom. The molecule has 1 radical (unpaired) electrons. The molecule has 0 saturated heterocycles. The summed E-state index contributed by atoms with van der Waals surface area (Å²) in [5, 5.41) is 0. The molecule has 18 heavy (non-hydrogen) atoms. The van der Waals surface area contributed by atoms with Crippen LogP contribution in [0.4, 0.5) is 0 Å². The van der Waals surface area contributed by atoms with Crippen LogP contribution in [0.15, 0.2) is 0 Å². The van der Waals surface area contributed by atoms with E-state index >= 15 is 0 Å². The Labute approximate surface area is 117 Å². The lowest BCUT2D eigenvalue weighted by molar-refractivity contribution is 0.0798. The van der Waals surface area contributed by atoms with E-state index in [-0.39, 0.29) is 0 Å². The van der Waals surface area contributed by atoms with E-state index in [1.165, 1.54) is 32.1 Å². The standard InChI is InChI=1S/C18H37/c1-9-12-16(8)17(10-2)18(11-3,15(6)7)13-14(4)5/h14,16-17H,9-13H2,1-8H3. The van der Waals surface area contributed by atoms with Gasteiger partial charge in [-0.1, -0.05) is 74.7 Å². The Bertz CT molecular complexity index is 204. The van der Waals surface area contributed by atoms with E-state index in [0.717, 1.165) is 17.8 Å². The maximum Gasteiger partial charge on any atom is -0.0210 e. The Balaban J connectivity index is 5.22. The van der Waals surface area contributed by atoms with Gasteiger partial charge in [-0.3, -0.25) is 0 Å². The SMILES string of the molecule is CCCC(C)C(CC)C(CC)(CC(C)C)[C](C)C.